The second kappa shape index (κ2) is 8.78. The number of aromatic nitrogens is 1. The average Bonchev–Trinajstić information content (AvgIpc) is 3.41. The Labute approximate surface area is 214 Å². The molecule has 1 saturated heterocycles. The van der Waals surface area contributed by atoms with E-state index < -0.39 is 18.1 Å². The number of hydrogen-bond donors (Lipinski definition) is 2. The van der Waals surface area contributed by atoms with Gasteiger partial charge in [-0.15, -0.1) is 6.58 Å². The number of rotatable bonds is 5. The number of para-hydroxylation sites is 2. The van der Waals surface area contributed by atoms with E-state index in [0.29, 0.717) is 6.42 Å². The number of benzene rings is 3. The van der Waals surface area contributed by atoms with Crippen LogP contribution in [0, 0.1) is 6.92 Å². The second-order valence-electron chi connectivity index (χ2n) is 9.48. The molecule has 1 fully saturated rings. The van der Waals surface area contributed by atoms with Crippen molar-refractivity contribution in [1.29, 1.82) is 0 Å². The van der Waals surface area contributed by atoms with Gasteiger partial charge in [0.25, 0.3) is 11.8 Å². The molecule has 2 N–H and O–H groups in total. The van der Waals surface area contributed by atoms with Gasteiger partial charge in [0.15, 0.2) is 0 Å². The van der Waals surface area contributed by atoms with Crippen LogP contribution in [0.4, 0.5) is 10.5 Å². The Hall–Kier alpha value is -4.65. The van der Waals surface area contributed by atoms with Gasteiger partial charge in [-0.05, 0) is 36.2 Å². The molecule has 2 aliphatic rings. The van der Waals surface area contributed by atoms with Crippen LogP contribution in [0.1, 0.15) is 38.8 Å². The molecule has 0 spiro atoms. The molecule has 7 heteroatoms. The number of fused-ring (bicyclic) bond motifs is 4. The number of carbonyl (C=O) groups excluding carboxylic acids is 3. The van der Waals surface area contributed by atoms with E-state index in [-0.39, 0.29) is 29.6 Å². The van der Waals surface area contributed by atoms with Crippen LogP contribution < -0.4 is 10.2 Å². The molecule has 2 atom stereocenters. The standard InChI is InChI=1S/C30H26N4O3/c1-3-16-31-28(35)21-9-5-7-11-24(21)34-29(36)25-17-22-20-8-4-6-10-23(20)32-26(22)27(33(25)30(34)37)19-14-12-18(2)13-15-19/h3-15,25,27,32H,1,16-17H2,2H3,(H,31,35)/t25-,27?/m0/s1. The number of imide groups is 1. The fourth-order valence-electron chi connectivity index (χ4n) is 5.51. The molecule has 0 radical (unpaired) electrons. The zero-order chi connectivity index (χ0) is 25.7. The lowest BCUT2D eigenvalue weighted by molar-refractivity contribution is -0.120. The number of aromatic amines is 1. The molecule has 184 valence electrons. The third kappa shape index (κ3) is 3.54. The molecule has 3 heterocycles. The number of carbonyl (C=O) groups is 3. The third-order valence-corrected chi connectivity index (χ3v) is 7.24. The van der Waals surface area contributed by atoms with Gasteiger partial charge in [-0.2, -0.15) is 0 Å². The van der Waals surface area contributed by atoms with E-state index in [1.54, 1.807) is 35.2 Å². The highest BCUT2D eigenvalue weighted by molar-refractivity contribution is 6.24. The summed E-state index contributed by atoms with van der Waals surface area (Å²) in [6.07, 6.45) is 1.98. The fourth-order valence-corrected chi connectivity index (χ4v) is 5.51. The predicted octanol–water partition coefficient (Wildman–Crippen LogP) is 4.88. The van der Waals surface area contributed by atoms with Crippen LogP contribution in [0.5, 0.6) is 0 Å². The van der Waals surface area contributed by atoms with Gasteiger partial charge in [0.1, 0.15) is 12.1 Å². The van der Waals surface area contributed by atoms with E-state index >= 15 is 0 Å². The minimum atomic E-state index is -0.685. The van der Waals surface area contributed by atoms with E-state index in [1.807, 2.05) is 55.5 Å². The first kappa shape index (κ1) is 22.8. The summed E-state index contributed by atoms with van der Waals surface area (Å²) in [4.78, 5) is 47.3. The van der Waals surface area contributed by atoms with Gasteiger partial charge in [0.2, 0.25) is 0 Å². The van der Waals surface area contributed by atoms with Gasteiger partial charge < -0.3 is 10.3 Å². The van der Waals surface area contributed by atoms with Crippen molar-refractivity contribution in [2.24, 2.45) is 0 Å². The van der Waals surface area contributed by atoms with Crippen molar-refractivity contribution in [3.63, 3.8) is 0 Å². The molecular weight excluding hydrogens is 464 g/mol. The summed E-state index contributed by atoms with van der Waals surface area (Å²) in [6, 6.07) is 21.2. The molecule has 0 aliphatic carbocycles. The number of aryl methyl sites for hydroxylation is 1. The van der Waals surface area contributed by atoms with Crippen molar-refractivity contribution in [3.05, 3.63) is 113 Å². The SMILES string of the molecule is C=CCNC(=O)c1ccccc1N1C(=O)[C@@H]2Cc3c([nH]c4ccccc34)C(c3ccc(C)cc3)N2C1=O. The van der Waals surface area contributed by atoms with Crippen molar-refractivity contribution in [1.82, 2.24) is 15.2 Å². The topological polar surface area (TPSA) is 85.5 Å². The number of amides is 4. The lowest BCUT2D eigenvalue weighted by Gasteiger charge is -2.36. The Morgan fingerprint density at radius 1 is 1.05 bits per heavy atom. The lowest BCUT2D eigenvalue weighted by atomic mass is 9.88. The molecule has 1 unspecified atom stereocenters. The van der Waals surface area contributed by atoms with Crippen molar-refractivity contribution in [2.45, 2.75) is 25.4 Å². The highest BCUT2D eigenvalue weighted by Gasteiger charge is 2.53. The van der Waals surface area contributed by atoms with E-state index in [1.165, 1.54) is 4.90 Å². The van der Waals surface area contributed by atoms with E-state index in [4.69, 9.17) is 0 Å². The molecular formula is C30H26N4O3. The normalized spacial score (nSPS) is 18.6. The molecule has 6 rings (SSSR count). The van der Waals surface area contributed by atoms with Crippen LogP contribution in [-0.2, 0) is 11.2 Å². The maximum Gasteiger partial charge on any atom is 0.332 e. The number of H-pyrrole nitrogens is 1. The molecule has 4 amide bonds. The van der Waals surface area contributed by atoms with Gasteiger partial charge in [0.05, 0.1) is 11.3 Å². The number of nitrogens with zero attached hydrogens (tertiary/aromatic N) is 2. The molecule has 2 aliphatic heterocycles. The largest absolute Gasteiger partial charge is 0.356 e. The summed E-state index contributed by atoms with van der Waals surface area (Å²) >= 11 is 0. The van der Waals surface area contributed by atoms with Crippen LogP contribution in [0.3, 0.4) is 0 Å². The van der Waals surface area contributed by atoms with Gasteiger partial charge in [-0.25, -0.2) is 9.69 Å². The van der Waals surface area contributed by atoms with Crippen molar-refractivity contribution < 1.29 is 14.4 Å². The van der Waals surface area contributed by atoms with E-state index in [9.17, 15) is 14.4 Å². The minimum Gasteiger partial charge on any atom is -0.356 e. The zero-order valence-corrected chi connectivity index (χ0v) is 20.4. The predicted molar refractivity (Wildman–Crippen MR) is 143 cm³/mol. The van der Waals surface area contributed by atoms with Crippen LogP contribution in [0.15, 0.2) is 85.5 Å². The van der Waals surface area contributed by atoms with Crippen LogP contribution in [0.2, 0.25) is 0 Å². The Kier molecular flexibility index (Phi) is 5.41. The first-order valence-electron chi connectivity index (χ1n) is 12.3. The van der Waals surface area contributed by atoms with E-state index in [2.05, 4.69) is 16.9 Å². The lowest BCUT2D eigenvalue weighted by Crippen LogP contribution is -2.44. The number of hydrogen-bond acceptors (Lipinski definition) is 3. The number of urea groups is 1. The maximum absolute atomic E-state index is 14.1. The van der Waals surface area contributed by atoms with Crippen LogP contribution >= 0.6 is 0 Å². The molecule has 7 nitrogen and oxygen atoms in total. The van der Waals surface area contributed by atoms with Crippen LogP contribution in [-0.4, -0.2) is 40.3 Å². The van der Waals surface area contributed by atoms with E-state index in [0.717, 1.165) is 33.3 Å². The average molecular weight is 491 g/mol. The zero-order valence-electron chi connectivity index (χ0n) is 20.4. The Balaban J connectivity index is 1.49. The fraction of sp³-hybridized carbons (Fsp3) is 0.167. The molecule has 3 aromatic carbocycles. The van der Waals surface area contributed by atoms with Crippen molar-refractivity contribution in [3.8, 4) is 0 Å². The monoisotopic (exact) mass is 490 g/mol. The first-order chi connectivity index (χ1) is 18.0. The summed E-state index contributed by atoms with van der Waals surface area (Å²) in [5, 5.41) is 3.80. The van der Waals surface area contributed by atoms with Crippen molar-refractivity contribution in [2.75, 3.05) is 11.4 Å². The third-order valence-electron chi connectivity index (χ3n) is 7.24. The first-order valence-corrected chi connectivity index (χ1v) is 12.3. The Bertz CT molecular complexity index is 1570. The summed E-state index contributed by atoms with van der Waals surface area (Å²) in [5.74, 6) is -0.700. The molecule has 37 heavy (non-hydrogen) atoms. The van der Waals surface area contributed by atoms with Gasteiger partial charge in [-0.3, -0.25) is 14.5 Å². The molecule has 1 aromatic heterocycles. The Morgan fingerprint density at radius 3 is 2.57 bits per heavy atom. The quantitative estimate of drug-likeness (QED) is 0.309. The second-order valence-corrected chi connectivity index (χ2v) is 9.48. The van der Waals surface area contributed by atoms with Crippen molar-refractivity contribution >= 4 is 34.4 Å². The molecule has 4 aromatic rings. The minimum absolute atomic E-state index is 0.266. The number of anilines is 1. The van der Waals surface area contributed by atoms with Gasteiger partial charge in [0, 0.05) is 29.6 Å². The van der Waals surface area contributed by atoms with Gasteiger partial charge >= 0.3 is 6.03 Å². The summed E-state index contributed by atoms with van der Waals surface area (Å²) in [5.41, 5.74) is 5.52. The number of nitrogens with one attached hydrogen (secondary N) is 2. The van der Waals surface area contributed by atoms with Crippen LogP contribution in [0.25, 0.3) is 10.9 Å². The Morgan fingerprint density at radius 2 is 1.78 bits per heavy atom. The smallest absolute Gasteiger partial charge is 0.332 e. The molecule has 0 bridgehead atoms. The van der Waals surface area contributed by atoms with Gasteiger partial charge in [-0.1, -0.05) is 66.2 Å². The summed E-state index contributed by atoms with van der Waals surface area (Å²) in [6.45, 7) is 5.93. The summed E-state index contributed by atoms with van der Waals surface area (Å²) < 4.78 is 0. The maximum atomic E-state index is 14.1. The summed E-state index contributed by atoms with van der Waals surface area (Å²) in [7, 11) is 0. The highest BCUT2D eigenvalue weighted by Crippen LogP contribution is 2.45. The molecule has 0 saturated carbocycles. The highest BCUT2D eigenvalue weighted by atomic mass is 16.2.